The second-order valence-corrected chi connectivity index (χ2v) is 7.83. The smallest absolute Gasteiger partial charge is 0.252 e. The summed E-state index contributed by atoms with van der Waals surface area (Å²) in [5.41, 5.74) is 0.683. The molecule has 1 amide bonds. The summed E-state index contributed by atoms with van der Waals surface area (Å²) >= 11 is 0. The molecule has 2 aromatic heterocycles. The Morgan fingerprint density at radius 3 is 2.92 bits per heavy atom. The summed E-state index contributed by atoms with van der Waals surface area (Å²) in [5.74, 6) is 0.206. The zero-order chi connectivity index (χ0) is 17.3. The van der Waals surface area contributed by atoms with Crippen molar-refractivity contribution >= 4 is 21.6 Å². The maximum atomic E-state index is 12.1. The van der Waals surface area contributed by atoms with Gasteiger partial charge in [0.1, 0.15) is 24.8 Å². The lowest BCUT2D eigenvalue weighted by Gasteiger charge is -2.13. The van der Waals surface area contributed by atoms with Crippen LogP contribution in [0.4, 0.5) is 5.82 Å². The average Bonchev–Trinajstić information content (AvgIpc) is 3.18. The SMILES string of the molecule is Cc1cc(NC(=O)Cn2cnc(C#N)n2)n([C@@H]2CCS(=O)(=O)C2)n1. The molecule has 3 heterocycles. The van der Waals surface area contributed by atoms with Crippen LogP contribution in [0, 0.1) is 18.3 Å². The number of amides is 1. The molecule has 11 heteroatoms. The number of hydrogen-bond acceptors (Lipinski definition) is 7. The van der Waals surface area contributed by atoms with Crippen LogP contribution in [0.5, 0.6) is 0 Å². The van der Waals surface area contributed by atoms with Crippen molar-refractivity contribution in [3.8, 4) is 6.07 Å². The number of anilines is 1. The number of sulfone groups is 1. The molecule has 0 aromatic carbocycles. The molecule has 0 unspecified atom stereocenters. The van der Waals surface area contributed by atoms with Gasteiger partial charge in [-0.3, -0.25) is 4.79 Å². The van der Waals surface area contributed by atoms with Crippen molar-refractivity contribution in [3.63, 3.8) is 0 Å². The molecule has 1 saturated heterocycles. The van der Waals surface area contributed by atoms with E-state index >= 15 is 0 Å². The Morgan fingerprint density at radius 2 is 2.29 bits per heavy atom. The maximum absolute atomic E-state index is 12.1. The van der Waals surface area contributed by atoms with Gasteiger partial charge >= 0.3 is 0 Å². The second-order valence-electron chi connectivity index (χ2n) is 5.60. The molecule has 0 radical (unpaired) electrons. The summed E-state index contributed by atoms with van der Waals surface area (Å²) < 4.78 is 26.1. The third-order valence-electron chi connectivity index (χ3n) is 3.62. The molecule has 24 heavy (non-hydrogen) atoms. The van der Waals surface area contributed by atoms with Crippen molar-refractivity contribution in [1.82, 2.24) is 24.5 Å². The topological polar surface area (TPSA) is 136 Å². The highest BCUT2D eigenvalue weighted by molar-refractivity contribution is 7.91. The minimum absolute atomic E-state index is 0.0140. The number of nitriles is 1. The molecule has 1 atom stereocenters. The van der Waals surface area contributed by atoms with Gasteiger partial charge in [-0.15, -0.1) is 5.10 Å². The second kappa shape index (κ2) is 6.04. The Bertz CT molecular complexity index is 922. The highest BCUT2D eigenvalue weighted by Crippen LogP contribution is 2.27. The first-order chi connectivity index (χ1) is 11.4. The number of carbonyl (C=O) groups is 1. The van der Waals surface area contributed by atoms with Crippen molar-refractivity contribution in [2.75, 3.05) is 16.8 Å². The zero-order valence-electron chi connectivity index (χ0n) is 12.9. The summed E-state index contributed by atoms with van der Waals surface area (Å²) in [6, 6.07) is 3.19. The quantitative estimate of drug-likeness (QED) is 0.797. The standard InChI is InChI=1S/C13H15N7O3S/c1-9-4-12(20(17-9)10-2-3-24(22,23)7-10)16-13(21)6-19-8-15-11(5-14)18-19/h4,8,10H,2-3,6-7H2,1H3,(H,16,21)/t10-/m1/s1. The Labute approximate surface area is 138 Å². The molecule has 0 bridgehead atoms. The Kier molecular flexibility index (Phi) is 4.06. The molecular formula is C13H15N7O3S. The van der Waals surface area contributed by atoms with E-state index in [2.05, 4.69) is 20.5 Å². The van der Waals surface area contributed by atoms with Gasteiger partial charge in [0, 0.05) is 6.07 Å². The molecule has 126 valence electrons. The number of carbonyl (C=O) groups excluding carboxylic acids is 1. The third-order valence-corrected chi connectivity index (χ3v) is 5.37. The summed E-state index contributed by atoms with van der Waals surface area (Å²) in [5, 5.41) is 19.5. The van der Waals surface area contributed by atoms with Gasteiger partial charge in [0.25, 0.3) is 5.82 Å². The fourth-order valence-electron chi connectivity index (χ4n) is 2.61. The van der Waals surface area contributed by atoms with Crippen LogP contribution in [-0.2, 0) is 21.2 Å². The Hall–Kier alpha value is -2.74. The van der Waals surface area contributed by atoms with Gasteiger partial charge in [-0.05, 0) is 13.3 Å². The van der Waals surface area contributed by atoms with E-state index in [1.54, 1.807) is 23.7 Å². The lowest BCUT2D eigenvalue weighted by atomic mass is 10.3. The average molecular weight is 349 g/mol. The number of aromatic nitrogens is 5. The van der Waals surface area contributed by atoms with Crippen LogP contribution in [0.25, 0.3) is 0 Å². The van der Waals surface area contributed by atoms with Gasteiger partial charge in [0.05, 0.1) is 23.2 Å². The van der Waals surface area contributed by atoms with Crippen LogP contribution in [0.15, 0.2) is 12.4 Å². The minimum Gasteiger partial charge on any atom is -0.309 e. The largest absolute Gasteiger partial charge is 0.309 e. The van der Waals surface area contributed by atoms with E-state index in [1.165, 1.54) is 11.0 Å². The Morgan fingerprint density at radius 1 is 1.50 bits per heavy atom. The molecule has 0 saturated carbocycles. The van der Waals surface area contributed by atoms with E-state index in [1.807, 2.05) is 0 Å². The summed E-state index contributed by atoms with van der Waals surface area (Å²) in [6.07, 6.45) is 1.77. The van der Waals surface area contributed by atoms with Crippen LogP contribution < -0.4 is 5.32 Å². The van der Waals surface area contributed by atoms with Gasteiger partial charge < -0.3 is 5.32 Å². The molecule has 1 aliphatic heterocycles. The van der Waals surface area contributed by atoms with Crippen molar-refractivity contribution in [2.24, 2.45) is 0 Å². The lowest BCUT2D eigenvalue weighted by Crippen LogP contribution is -2.23. The van der Waals surface area contributed by atoms with Crippen molar-refractivity contribution in [2.45, 2.75) is 25.9 Å². The van der Waals surface area contributed by atoms with Gasteiger partial charge in [0.2, 0.25) is 5.91 Å². The predicted octanol–water partition coefficient (Wildman–Crippen LogP) is -0.347. The van der Waals surface area contributed by atoms with Gasteiger partial charge in [-0.2, -0.15) is 10.4 Å². The normalized spacial score (nSPS) is 19.1. The lowest BCUT2D eigenvalue weighted by molar-refractivity contribution is -0.117. The van der Waals surface area contributed by atoms with Crippen LogP contribution in [0.3, 0.4) is 0 Å². The monoisotopic (exact) mass is 349 g/mol. The molecule has 3 rings (SSSR count). The summed E-state index contributed by atoms with van der Waals surface area (Å²) in [6.45, 7) is 1.66. The number of nitrogens with zero attached hydrogens (tertiary/aromatic N) is 6. The number of nitrogens with one attached hydrogen (secondary N) is 1. The third kappa shape index (κ3) is 3.43. The van der Waals surface area contributed by atoms with Crippen LogP contribution in [0.1, 0.15) is 24.0 Å². The highest BCUT2D eigenvalue weighted by atomic mass is 32.2. The van der Waals surface area contributed by atoms with E-state index < -0.39 is 9.84 Å². The van der Waals surface area contributed by atoms with Crippen LogP contribution in [0.2, 0.25) is 0 Å². The molecule has 0 spiro atoms. The van der Waals surface area contributed by atoms with E-state index in [0.29, 0.717) is 17.9 Å². The molecule has 2 aromatic rings. The number of hydrogen-bond donors (Lipinski definition) is 1. The van der Waals surface area contributed by atoms with Gasteiger partial charge in [-0.25, -0.2) is 22.8 Å². The maximum Gasteiger partial charge on any atom is 0.252 e. The van der Waals surface area contributed by atoms with E-state index in [-0.39, 0.29) is 35.8 Å². The Balaban J connectivity index is 1.73. The van der Waals surface area contributed by atoms with Crippen molar-refractivity contribution < 1.29 is 13.2 Å². The molecule has 10 nitrogen and oxygen atoms in total. The fraction of sp³-hybridized carbons (Fsp3) is 0.462. The zero-order valence-corrected chi connectivity index (χ0v) is 13.7. The van der Waals surface area contributed by atoms with E-state index in [4.69, 9.17) is 5.26 Å². The molecule has 1 fully saturated rings. The molecular weight excluding hydrogens is 334 g/mol. The van der Waals surface area contributed by atoms with Crippen LogP contribution in [-0.4, -0.2) is 50.4 Å². The van der Waals surface area contributed by atoms with E-state index in [9.17, 15) is 13.2 Å². The van der Waals surface area contributed by atoms with Crippen molar-refractivity contribution in [1.29, 1.82) is 5.26 Å². The first-order valence-electron chi connectivity index (χ1n) is 7.22. The molecule has 1 aliphatic rings. The fourth-order valence-corrected chi connectivity index (χ4v) is 4.30. The first kappa shape index (κ1) is 16.1. The first-order valence-corrected chi connectivity index (χ1v) is 9.04. The van der Waals surface area contributed by atoms with Crippen molar-refractivity contribution in [3.05, 3.63) is 23.9 Å². The number of rotatable bonds is 4. The predicted molar refractivity (Wildman–Crippen MR) is 82.6 cm³/mol. The summed E-state index contributed by atoms with van der Waals surface area (Å²) in [7, 11) is -3.05. The van der Waals surface area contributed by atoms with Gasteiger partial charge in [-0.1, -0.05) is 0 Å². The highest BCUT2D eigenvalue weighted by Gasteiger charge is 2.31. The van der Waals surface area contributed by atoms with Gasteiger partial charge in [0.15, 0.2) is 9.84 Å². The molecule has 0 aliphatic carbocycles. The van der Waals surface area contributed by atoms with Crippen LogP contribution >= 0.6 is 0 Å². The molecule has 1 N–H and O–H groups in total. The van der Waals surface area contributed by atoms with E-state index in [0.717, 1.165) is 0 Å². The number of aryl methyl sites for hydroxylation is 1. The summed E-state index contributed by atoms with van der Waals surface area (Å²) in [4.78, 5) is 15.9. The minimum atomic E-state index is -3.05.